The first kappa shape index (κ1) is 15.5. The summed E-state index contributed by atoms with van der Waals surface area (Å²) in [5, 5.41) is 0.267. The second-order valence-corrected chi connectivity index (χ2v) is 14.2. The highest BCUT2D eigenvalue weighted by Crippen LogP contribution is 2.47. The van der Waals surface area contributed by atoms with Crippen molar-refractivity contribution in [1.29, 1.82) is 0 Å². The van der Waals surface area contributed by atoms with Gasteiger partial charge in [0.25, 0.3) is 0 Å². The largest absolute Gasteiger partial charge is 0.244 e. The molecule has 2 nitrogen and oxygen atoms in total. The normalized spacial score (nSPS) is 15.5. The molecule has 0 spiro atoms. The number of halogens is 1. The fourth-order valence-corrected chi connectivity index (χ4v) is 6.03. The number of nitrogens with zero attached hydrogens (tertiary/aromatic N) is 2. The summed E-state index contributed by atoms with van der Waals surface area (Å²) in [5.74, 6) is 0. The zero-order valence-corrected chi connectivity index (χ0v) is 15.9. The van der Waals surface area contributed by atoms with Crippen LogP contribution in [0, 0.1) is 0 Å². The van der Waals surface area contributed by atoms with Crippen molar-refractivity contribution < 1.29 is 0 Å². The highest BCUT2D eigenvalue weighted by molar-refractivity contribution is 14.2. The number of aromatic nitrogens is 2. The molecule has 0 bridgehead atoms. The molecular weight excluding hydrogens is 385 g/mol. The summed E-state index contributed by atoms with van der Waals surface area (Å²) in [6.45, 7) is 11.5. The smallest absolute Gasteiger partial charge is 0.0995 e. The van der Waals surface area contributed by atoms with Crippen LogP contribution in [0.1, 0.15) is 20.8 Å². The van der Waals surface area contributed by atoms with Gasteiger partial charge in [0.2, 0.25) is 0 Å². The summed E-state index contributed by atoms with van der Waals surface area (Å²) >= 11 is 2.50. The van der Waals surface area contributed by atoms with Gasteiger partial charge in [0.05, 0.1) is 21.9 Å². The molecule has 0 aliphatic heterocycles. The van der Waals surface area contributed by atoms with Crippen molar-refractivity contribution in [2.45, 2.75) is 25.9 Å². The van der Waals surface area contributed by atoms with E-state index >= 15 is 0 Å². The third-order valence-electron chi connectivity index (χ3n) is 3.15. The fourth-order valence-electron chi connectivity index (χ4n) is 1.73. The van der Waals surface area contributed by atoms with Crippen molar-refractivity contribution >= 4 is 57.4 Å². The van der Waals surface area contributed by atoms with E-state index in [-0.39, 0.29) is 18.6 Å². The van der Waals surface area contributed by atoms with E-state index < -0.39 is 0 Å². The van der Waals surface area contributed by atoms with E-state index in [1.54, 1.807) is 0 Å². The lowest BCUT2D eigenvalue weighted by molar-refractivity contribution is 0.790. The average molecular weight is 404 g/mol. The number of para-hydroxylation sites is 2. The van der Waals surface area contributed by atoms with Crippen LogP contribution in [0.15, 0.2) is 24.3 Å². The Bertz CT molecular complexity index is 594. The molecule has 0 amide bonds. The van der Waals surface area contributed by atoms with Crippen molar-refractivity contribution in [2.75, 3.05) is 13.3 Å². The molecule has 19 heavy (non-hydrogen) atoms. The molecule has 0 aliphatic carbocycles. The third kappa shape index (κ3) is 3.43. The number of hydrogen-bond donors (Lipinski definition) is 0. The molecule has 0 N–H and O–H groups in total. The maximum absolute atomic E-state index is 4.94. The van der Waals surface area contributed by atoms with Crippen LogP contribution < -0.4 is 10.9 Å². The number of benzene rings is 1. The second kappa shape index (κ2) is 5.87. The topological polar surface area (TPSA) is 25.8 Å². The van der Waals surface area contributed by atoms with Gasteiger partial charge in [0.1, 0.15) is 0 Å². The van der Waals surface area contributed by atoms with Gasteiger partial charge in [-0.2, -0.15) is 0 Å². The first-order valence-electron chi connectivity index (χ1n) is 6.21. The van der Waals surface area contributed by atoms with Crippen LogP contribution in [0.25, 0.3) is 11.0 Å². The molecule has 1 aromatic carbocycles. The van der Waals surface area contributed by atoms with Crippen molar-refractivity contribution in [3.05, 3.63) is 24.3 Å². The molecule has 0 saturated carbocycles. The first-order valence-corrected chi connectivity index (χ1v) is 12.6. The standard InChI is InChI=1S/C14H19IN2P2/c1-14(2,3)18(4)12-13(19(5)15)17-11-9-7-6-8-10(11)16-12/h6-9H,1-5H3. The Morgan fingerprint density at radius 2 is 1.42 bits per heavy atom. The summed E-state index contributed by atoms with van der Waals surface area (Å²) in [7, 11) is -0.305. The van der Waals surface area contributed by atoms with Crippen molar-refractivity contribution in [3.63, 3.8) is 0 Å². The Kier molecular flexibility index (Phi) is 4.80. The zero-order valence-electron chi connectivity index (χ0n) is 12.0. The molecule has 0 radical (unpaired) electrons. The first-order chi connectivity index (χ1) is 8.80. The quantitative estimate of drug-likeness (QED) is 0.553. The van der Waals surface area contributed by atoms with E-state index in [0.717, 1.165) is 11.0 Å². The summed E-state index contributed by atoms with van der Waals surface area (Å²) < 4.78 is 0. The van der Waals surface area contributed by atoms with Gasteiger partial charge in [0, 0.05) is 5.56 Å². The van der Waals surface area contributed by atoms with Crippen LogP contribution >= 0.6 is 35.5 Å². The summed E-state index contributed by atoms with van der Waals surface area (Å²) in [5.41, 5.74) is 4.24. The van der Waals surface area contributed by atoms with Gasteiger partial charge >= 0.3 is 0 Å². The monoisotopic (exact) mass is 404 g/mol. The van der Waals surface area contributed by atoms with Gasteiger partial charge in [-0.05, 0) is 52.7 Å². The SMILES string of the molecule is CP(I)c1nc2ccccc2nc1P(C)C(C)(C)C. The molecule has 1 heterocycles. The van der Waals surface area contributed by atoms with E-state index in [1.165, 1.54) is 10.9 Å². The zero-order chi connectivity index (χ0) is 14.2. The molecule has 5 heteroatoms. The fraction of sp³-hybridized carbons (Fsp3) is 0.429. The molecule has 0 saturated heterocycles. The highest BCUT2D eigenvalue weighted by Gasteiger charge is 2.27. The number of rotatable bonds is 2. The van der Waals surface area contributed by atoms with Crippen LogP contribution in [-0.2, 0) is 0 Å². The van der Waals surface area contributed by atoms with E-state index in [9.17, 15) is 0 Å². The molecule has 102 valence electrons. The van der Waals surface area contributed by atoms with Crippen molar-refractivity contribution in [2.24, 2.45) is 0 Å². The van der Waals surface area contributed by atoms with E-state index in [2.05, 4.69) is 68.3 Å². The van der Waals surface area contributed by atoms with Crippen LogP contribution in [0.3, 0.4) is 0 Å². The van der Waals surface area contributed by atoms with Crippen LogP contribution in [0.4, 0.5) is 0 Å². The van der Waals surface area contributed by atoms with Gasteiger partial charge < -0.3 is 0 Å². The average Bonchev–Trinajstić information content (AvgIpc) is 2.35. The molecule has 2 rings (SSSR count). The highest BCUT2D eigenvalue weighted by atomic mass is 127. The van der Waals surface area contributed by atoms with E-state index in [1.807, 2.05) is 12.1 Å². The molecule has 0 aliphatic rings. The third-order valence-corrected chi connectivity index (χ3v) is 8.55. The Morgan fingerprint density at radius 1 is 0.947 bits per heavy atom. The Labute approximate surface area is 130 Å². The predicted octanol–water partition coefficient (Wildman–Crippen LogP) is 4.25. The van der Waals surface area contributed by atoms with Crippen molar-refractivity contribution in [1.82, 2.24) is 9.97 Å². The van der Waals surface area contributed by atoms with Gasteiger partial charge in [-0.1, -0.05) is 40.8 Å². The molecule has 2 atom stereocenters. The Morgan fingerprint density at radius 3 is 1.84 bits per heavy atom. The van der Waals surface area contributed by atoms with E-state index in [0.29, 0.717) is 0 Å². The van der Waals surface area contributed by atoms with Gasteiger partial charge in [0.15, 0.2) is 0 Å². The minimum atomic E-state index is -0.305. The molecule has 2 aromatic rings. The summed E-state index contributed by atoms with van der Waals surface area (Å²) in [6.07, 6.45) is 0. The Balaban J connectivity index is 2.67. The van der Waals surface area contributed by atoms with Gasteiger partial charge in [-0.3, -0.25) is 0 Å². The van der Waals surface area contributed by atoms with Crippen LogP contribution in [-0.4, -0.2) is 28.5 Å². The number of hydrogen-bond acceptors (Lipinski definition) is 2. The lowest BCUT2D eigenvalue weighted by atomic mass is 10.3. The molecule has 0 fully saturated rings. The summed E-state index contributed by atoms with van der Waals surface area (Å²) in [4.78, 5) is 9.82. The minimum Gasteiger partial charge on any atom is -0.244 e. The molecule has 2 unspecified atom stereocenters. The van der Waals surface area contributed by atoms with E-state index in [4.69, 9.17) is 9.97 Å². The van der Waals surface area contributed by atoms with Crippen LogP contribution in [0.2, 0.25) is 0 Å². The molecular formula is C14H19IN2P2. The van der Waals surface area contributed by atoms with Gasteiger partial charge in [-0.15, -0.1) is 0 Å². The Hall–Kier alpha value is 0.150. The maximum Gasteiger partial charge on any atom is 0.0995 e. The van der Waals surface area contributed by atoms with Gasteiger partial charge in [-0.25, -0.2) is 9.97 Å². The lowest BCUT2D eigenvalue weighted by Crippen LogP contribution is -2.32. The maximum atomic E-state index is 4.94. The molecule has 1 aromatic heterocycles. The predicted molar refractivity (Wildman–Crippen MR) is 98.3 cm³/mol. The lowest BCUT2D eigenvalue weighted by Gasteiger charge is -2.29. The summed E-state index contributed by atoms with van der Waals surface area (Å²) in [6, 6.07) is 8.19. The second-order valence-electron chi connectivity index (χ2n) is 5.57. The number of fused-ring (bicyclic) bond motifs is 1. The van der Waals surface area contributed by atoms with Crippen LogP contribution in [0.5, 0.6) is 0 Å². The van der Waals surface area contributed by atoms with Crippen molar-refractivity contribution in [3.8, 4) is 0 Å². The minimum absolute atomic E-state index is 0.257.